The fourth-order valence-electron chi connectivity index (χ4n) is 5.05. The number of hydrogen-bond donors (Lipinski definition) is 0. The maximum atomic E-state index is 14.6. The summed E-state index contributed by atoms with van der Waals surface area (Å²) in [5, 5.41) is 5.61. The van der Waals surface area contributed by atoms with Gasteiger partial charge in [-0.15, -0.1) is 0 Å². The highest BCUT2D eigenvalue weighted by Gasteiger charge is 2.37. The zero-order valence-electron chi connectivity index (χ0n) is 26.4. The van der Waals surface area contributed by atoms with Crippen LogP contribution in [0.3, 0.4) is 0 Å². The first-order valence-electron chi connectivity index (χ1n) is 14.2. The van der Waals surface area contributed by atoms with E-state index in [1.807, 2.05) is 27.7 Å². The molecule has 0 saturated carbocycles. The van der Waals surface area contributed by atoms with Crippen molar-refractivity contribution < 1.29 is 18.5 Å². The average molecular weight is 610 g/mol. The van der Waals surface area contributed by atoms with E-state index < -0.39 is 30.6 Å². The first-order valence-corrected chi connectivity index (χ1v) is 16.8. The summed E-state index contributed by atoms with van der Waals surface area (Å²) in [5.74, 6) is 0.148. The van der Waals surface area contributed by atoms with E-state index in [9.17, 15) is 18.5 Å². The summed E-state index contributed by atoms with van der Waals surface area (Å²) in [6.45, 7) is 20.2. The Labute approximate surface area is 252 Å². The van der Waals surface area contributed by atoms with Crippen LogP contribution in [-0.2, 0) is 15.7 Å². The SMILES string of the molecule is C=C/C(=C\C=C(/C)P(C)(C)=O)n1ccn(-c2c3c(nn2-c2cc(C)c(F)c(C)c2)CCN(C(=O)OC(C)(C)C)[C@H]3C)c1=O. The van der Waals surface area contributed by atoms with Crippen molar-refractivity contribution in [3.63, 3.8) is 0 Å². The van der Waals surface area contributed by atoms with Crippen LogP contribution in [0.5, 0.6) is 0 Å². The monoisotopic (exact) mass is 609 g/mol. The highest BCUT2D eigenvalue weighted by Crippen LogP contribution is 2.45. The molecule has 1 aliphatic rings. The number of aryl methyl sites for hydroxylation is 2. The van der Waals surface area contributed by atoms with Gasteiger partial charge in [0.15, 0.2) is 0 Å². The summed E-state index contributed by atoms with van der Waals surface area (Å²) in [4.78, 5) is 28.9. The van der Waals surface area contributed by atoms with Crippen molar-refractivity contribution in [2.75, 3.05) is 19.9 Å². The van der Waals surface area contributed by atoms with E-state index in [1.165, 1.54) is 9.13 Å². The lowest BCUT2D eigenvalue weighted by molar-refractivity contribution is 0.0159. The molecule has 2 aromatic heterocycles. The van der Waals surface area contributed by atoms with E-state index in [2.05, 4.69) is 6.58 Å². The van der Waals surface area contributed by atoms with Gasteiger partial charge in [0.1, 0.15) is 24.4 Å². The Balaban J connectivity index is 1.94. The molecular weight excluding hydrogens is 568 g/mol. The minimum Gasteiger partial charge on any atom is -0.444 e. The Bertz CT molecular complexity index is 1740. The van der Waals surface area contributed by atoms with Crippen molar-refractivity contribution in [2.45, 2.75) is 66.5 Å². The Morgan fingerprint density at radius 1 is 1.16 bits per heavy atom. The smallest absolute Gasteiger partial charge is 0.410 e. The molecule has 0 spiro atoms. The molecule has 0 unspecified atom stereocenters. The van der Waals surface area contributed by atoms with Gasteiger partial charge in [0.25, 0.3) is 0 Å². The number of amides is 1. The van der Waals surface area contributed by atoms with Gasteiger partial charge in [0, 0.05) is 36.6 Å². The predicted molar refractivity (Wildman–Crippen MR) is 169 cm³/mol. The third-order valence-electron chi connectivity index (χ3n) is 7.58. The van der Waals surface area contributed by atoms with Gasteiger partial charge >= 0.3 is 11.8 Å². The number of hydrogen-bond acceptors (Lipinski definition) is 5. The summed E-state index contributed by atoms with van der Waals surface area (Å²) < 4.78 is 37.4. The zero-order chi connectivity index (χ0) is 32.0. The largest absolute Gasteiger partial charge is 0.444 e. The van der Waals surface area contributed by atoms with E-state index in [0.29, 0.717) is 52.2 Å². The van der Waals surface area contributed by atoms with Crippen LogP contribution in [0.25, 0.3) is 17.2 Å². The fourth-order valence-corrected chi connectivity index (χ4v) is 5.48. The maximum absolute atomic E-state index is 14.6. The van der Waals surface area contributed by atoms with Crippen molar-refractivity contribution in [3.8, 4) is 11.5 Å². The molecule has 1 amide bonds. The van der Waals surface area contributed by atoms with Gasteiger partial charge in [-0.3, -0.25) is 9.13 Å². The molecule has 0 radical (unpaired) electrons. The van der Waals surface area contributed by atoms with Crippen LogP contribution < -0.4 is 5.69 Å². The van der Waals surface area contributed by atoms with Crippen LogP contribution >= 0.6 is 7.14 Å². The molecule has 1 aliphatic heterocycles. The Morgan fingerprint density at radius 2 is 1.79 bits per heavy atom. The molecule has 0 N–H and O–H groups in total. The van der Waals surface area contributed by atoms with Gasteiger partial charge < -0.3 is 14.2 Å². The van der Waals surface area contributed by atoms with Crippen molar-refractivity contribution in [1.29, 1.82) is 0 Å². The molecule has 9 nitrogen and oxygen atoms in total. The Hall–Kier alpha value is -3.91. The summed E-state index contributed by atoms with van der Waals surface area (Å²) in [6, 6.07) is 2.92. The number of benzene rings is 1. The minimum atomic E-state index is -2.45. The number of halogens is 1. The first kappa shape index (κ1) is 32.0. The normalized spacial score (nSPS) is 16.3. The highest BCUT2D eigenvalue weighted by molar-refractivity contribution is 7.66. The first-order chi connectivity index (χ1) is 19.9. The molecule has 11 heteroatoms. The van der Waals surface area contributed by atoms with Gasteiger partial charge in [-0.25, -0.2) is 18.7 Å². The van der Waals surface area contributed by atoms with Crippen molar-refractivity contribution in [2.24, 2.45) is 0 Å². The minimum absolute atomic E-state index is 0.303. The van der Waals surface area contributed by atoms with Crippen molar-refractivity contribution in [1.82, 2.24) is 23.8 Å². The number of imidazole rings is 1. The van der Waals surface area contributed by atoms with Crippen molar-refractivity contribution >= 4 is 18.9 Å². The molecule has 3 heterocycles. The van der Waals surface area contributed by atoms with Crippen LogP contribution in [0.2, 0.25) is 0 Å². The number of rotatable bonds is 6. The molecule has 1 atom stereocenters. The standard InChI is InChI=1S/C32H41FN5O4P/c1-11-24(13-12-22(4)43(9,10)41)36-16-17-37(30(36)39)29-27-23(5)35(31(40)42-32(6,7)8)15-14-26(27)34-38(29)25-18-20(2)28(33)21(3)19-25/h11-13,16-19,23H,1,14-15H2,2-10H3/b22-12+,24-13+/t23-/m0/s1. The van der Waals surface area contributed by atoms with Gasteiger partial charge in [-0.2, -0.15) is 5.10 Å². The van der Waals surface area contributed by atoms with Crippen LogP contribution in [0.15, 0.2) is 59.4 Å². The molecule has 4 rings (SSSR count). The number of ether oxygens (including phenoxy) is 1. The second-order valence-corrected chi connectivity index (χ2v) is 15.8. The van der Waals surface area contributed by atoms with Crippen LogP contribution in [0.1, 0.15) is 63.0 Å². The summed E-state index contributed by atoms with van der Waals surface area (Å²) in [5.41, 5.74) is 2.36. The molecule has 43 heavy (non-hydrogen) atoms. The number of carbonyl (C=O) groups is 1. The van der Waals surface area contributed by atoms with Crippen LogP contribution in [0.4, 0.5) is 9.18 Å². The molecule has 0 fully saturated rings. The van der Waals surface area contributed by atoms with Crippen LogP contribution in [-0.4, -0.2) is 55.4 Å². The second kappa shape index (κ2) is 11.6. The lowest BCUT2D eigenvalue weighted by Gasteiger charge is -2.34. The van der Waals surface area contributed by atoms with E-state index >= 15 is 0 Å². The second-order valence-electron chi connectivity index (χ2n) is 12.4. The quantitative estimate of drug-likeness (QED) is 0.222. The molecule has 0 saturated heterocycles. The van der Waals surface area contributed by atoms with E-state index in [-0.39, 0.29) is 5.82 Å². The van der Waals surface area contributed by atoms with E-state index in [1.54, 1.807) is 86.4 Å². The summed E-state index contributed by atoms with van der Waals surface area (Å²) in [6.07, 6.45) is 8.25. The topological polar surface area (TPSA) is 91.4 Å². The zero-order valence-corrected chi connectivity index (χ0v) is 27.3. The van der Waals surface area contributed by atoms with E-state index in [0.717, 1.165) is 5.69 Å². The van der Waals surface area contributed by atoms with E-state index in [4.69, 9.17) is 9.84 Å². The fraction of sp³-hybridized carbons (Fsp3) is 0.406. The number of nitrogens with zero attached hydrogens (tertiary/aromatic N) is 5. The summed E-state index contributed by atoms with van der Waals surface area (Å²) in [7, 11) is -2.45. The predicted octanol–water partition coefficient (Wildman–Crippen LogP) is 6.99. The van der Waals surface area contributed by atoms with Gasteiger partial charge in [0.05, 0.1) is 17.4 Å². The van der Waals surface area contributed by atoms with Gasteiger partial charge in [0.2, 0.25) is 0 Å². The Kier molecular flexibility index (Phi) is 8.67. The number of allylic oxidation sites excluding steroid dienone is 5. The third kappa shape index (κ3) is 6.39. The lowest BCUT2D eigenvalue weighted by Crippen LogP contribution is -2.42. The van der Waals surface area contributed by atoms with Crippen molar-refractivity contribution in [3.05, 3.63) is 93.3 Å². The number of carbonyl (C=O) groups excluding carboxylic acids is 1. The molecule has 0 bridgehead atoms. The maximum Gasteiger partial charge on any atom is 0.410 e. The average Bonchev–Trinajstić information content (AvgIpc) is 3.46. The van der Waals surface area contributed by atoms with Gasteiger partial charge in [-0.05, 0) is 103 Å². The number of aromatic nitrogens is 4. The molecule has 1 aromatic carbocycles. The number of fused-ring (bicyclic) bond motifs is 1. The molecule has 0 aliphatic carbocycles. The van der Waals surface area contributed by atoms with Crippen LogP contribution in [0, 0.1) is 19.7 Å². The molecular formula is C32H41FN5O4P. The summed E-state index contributed by atoms with van der Waals surface area (Å²) >= 11 is 0. The Morgan fingerprint density at radius 3 is 2.35 bits per heavy atom. The third-order valence-corrected chi connectivity index (χ3v) is 9.43. The van der Waals surface area contributed by atoms with Gasteiger partial charge in [-0.1, -0.05) is 12.7 Å². The highest BCUT2D eigenvalue weighted by atomic mass is 31.2. The molecule has 3 aromatic rings. The lowest BCUT2D eigenvalue weighted by atomic mass is 10.00. The molecule has 230 valence electrons.